The van der Waals surface area contributed by atoms with E-state index in [1.807, 2.05) is 18.2 Å². The smallest absolute Gasteiger partial charge is 0.0668 e. The summed E-state index contributed by atoms with van der Waals surface area (Å²) in [6.07, 6.45) is 1.04. The molecule has 1 unspecified atom stereocenters. The number of fused-ring (bicyclic) bond motifs is 1. The van der Waals surface area contributed by atoms with Crippen LogP contribution >= 0.6 is 0 Å². The highest BCUT2D eigenvalue weighted by atomic mass is 16.5. The van der Waals surface area contributed by atoms with Crippen LogP contribution in [0, 0.1) is 0 Å². The number of hydrogen-bond acceptors (Lipinski definition) is 2. The van der Waals surface area contributed by atoms with Crippen molar-refractivity contribution in [2.75, 3.05) is 11.6 Å². The Morgan fingerprint density at radius 3 is 2.92 bits per heavy atom. The minimum atomic E-state index is 0.574. The molecule has 1 aromatic rings. The third-order valence-electron chi connectivity index (χ3n) is 2.52. The lowest BCUT2D eigenvalue weighted by Gasteiger charge is -2.29. The van der Waals surface area contributed by atoms with Gasteiger partial charge in [0, 0.05) is 6.54 Å². The molecule has 12 heavy (non-hydrogen) atoms. The third-order valence-corrected chi connectivity index (χ3v) is 2.52. The van der Waals surface area contributed by atoms with Gasteiger partial charge in [-0.1, -0.05) is 25.1 Å². The highest BCUT2D eigenvalue weighted by Crippen LogP contribution is 2.33. The van der Waals surface area contributed by atoms with Gasteiger partial charge in [-0.2, -0.15) is 0 Å². The lowest BCUT2D eigenvalue weighted by molar-refractivity contribution is 0.241. The number of nitrogens with zero attached hydrogens (tertiary/aromatic N) is 1. The van der Waals surface area contributed by atoms with Crippen LogP contribution in [0.4, 0.5) is 5.69 Å². The van der Waals surface area contributed by atoms with Crippen LogP contribution in [-0.2, 0) is 0 Å². The van der Waals surface area contributed by atoms with Gasteiger partial charge in [-0.3, -0.25) is 10.3 Å². The fourth-order valence-electron chi connectivity index (χ4n) is 1.73. The molecular weight excluding hydrogens is 150 g/mol. The Labute approximate surface area is 72.4 Å². The minimum Gasteiger partial charge on any atom is -0.288 e. The Hall–Kier alpha value is -1.02. The fourth-order valence-corrected chi connectivity index (χ4v) is 1.73. The van der Waals surface area contributed by atoms with Gasteiger partial charge in [0.15, 0.2) is 0 Å². The van der Waals surface area contributed by atoms with Crippen LogP contribution in [-0.4, -0.2) is 11.8 Å². The first-order valence-electron chi connectivity index (χ1n) is 4.34. The Balaban J connectivity index is 2.47. The molecule has 0 fully saturated rings. The van der Waals surface area contributed by atoms with Crippen LogP contribution in [0.25, 0.3) is 0 Å². The molecule has 64 valence electrons. The van der Waals surface area contributed by atoms with E-state index in [1.165, 1.54) is 10.6 Å². The van der Waals surface area contributed by atoms with Gasteiger partial charge in [0.1, 0.15) is 0 Å². The molecule has 0 amide bonds. The van der Waals surface area contributed by atoms with Crippen molar-refractivity contribution in [1.29, 1.82) is 0 Å². The number of anilines is 1. The van der Waals surface area contributed by atoms with Crippen LogP contribution in [0.1, 0.15) is 24.8 Å². The summed E-state index contributed by atoms with van der Waals surface area (Å²) in [7, 11) is 0. The first kappa shape index (κ1) is 7.62. The zero-order chi connectivity index (χ0) is 8.55. The van der Waals surface area contributed by atoms with E-state index >= 15 is 0 Å². The van der Waals surface area contributed by atoms with Gasteiger partial charge in [-0.05, 0) is 24.0 Å². The number of benzene rings is 1. The Bertz CT molecular complexity index is 256. The topological polar surface area (TPSA) is 23.5 Å². The van der Waals surface area contributed by atoms with Gasteiger partial charge >= 0.3 is 0 Å². The number of rotatable bonds is 0. The molecule has 1 N–H and O–H groups in total. The van der Waals surface area contributed by atoms with Crippen LogP contribution in [0.15, 0.2) is 24.3 Å². The highest BCUT2D eigenvalue weighted by molar-refractivity contribution is 5.54. The average Bonchev–Trinajstić information content (AvgIpc) is 2.12. The number of para-hydroxylation sites is 1. The lowest BCUT2D eigenvalue weighted by Crippen LogP contribution is -2.26. The Morgan fingerprint density at radius 2 is 2.17 bits per heavy atom. The molecule has 0 saturated heterocycles. The Kier molecular flexibility index (Phi) is 1.77. The molecule has 0 aliphatic carbocycles. The molecule has 2 rings (SSSR count). The van der Waals surface area contributed by atoms with E-state index in [-0.39, 0.29) is 0 Å². The van der Waals surface area contributed by atoms with E-state index in [0.717, 1.165) is 18.7 Å². The summed E-state index contributed by atoms with van der Waals surface area (Å²) in [6.45, 7) is 2.95. The molecule has 0 radical (unpaired) electrons. The summed E-state index contributed by atoms with van der Waals surface area (Å²) in [5.41, 5.74) is 2.22. The SMILES string of the molecule is CC1CCN(O)c2ccccc21. The molecule has 0 aromatic heterocycles. The predicted molar refractivity (Wildman–Crippen MR) is 48.6 cm³/mol. The van der Waals surface area contributed by atoms with Crippen LogP contribution in [0.2, 0.25) is 0 Å². The van der Waals surface area contributed by atoms with Gasteiger partial charge < -0.3 is 0 Å². The third kappa shape index (κ3) is 1.08. The molecule has 1 heterocycles. The average molecular weight is 163 g/mol. The van der Waals surface area contributed by atoms with E-state index in [4.69, 9.17) is 0 Å². The molecule has 1 aromatic carbocycles. The van der Waals surface area contributed by atoms with Gasteiger partial charge in [0.05, 0.1) is 5.69 Å². The zero-order valence-corrected chi connectivity index (χ0v) is 7.20. The quantitative estimate of drug-likeness (QED) is 0.634. The Morgan fingerprint density at radius 1 is 1.42 bits per heavy atom. The van der Waals surface area contributed by atoms with Crippen molar-refractivity contribution in [2.45, 2.75) is 19.3 Å². The first-order valence-corrected chi connectivity index (χ1v) is 4.34. The van der Waals surface area contributed by atoms with Gasteiger partial charge in [0.25, 0.3) is 0 Å². The summed E-state index contributed by atoms with van der Waals surface area (Å²) in [6, 6.07) is 8.03. The second-order valence-electron chi connectivity index (χ2n) is 3.37. The summed E-state index contributed by atoms with van der Waals surface area (Å²) in [4.78, 5) is 0. The second-order valence-corrected chi connectivity index (χ2v) is 3.37. The molecule has 0 spiro atoms. The maximum Gasteiger partial charge on any atom is 0.0668 e. The van der Waals surface area contributed by atoms with Crippen molar-refractivity contribution in [3.8, 4) is 0 Å². The van der Waals surface area contributed by atoms with Gasteiger partial charge in [-0.25, -0.2) is 0 Å². The molecule has 1 aliphatic rings. The van der Waals surface area contributed by atoms with E-state index < -0.39 is 0 Å². The van der Waals surface area contributed by atoms with Crippen molar-refractivity contribution in [3.05, 3.63) is 29.8 Å². The molecule has 0 bridgehead atoms. The summed E-state index contributed by atoms with van der Waals surface area (Å²) in [5, 5.41) is 10.9. The molecule has 1 atom stereocenters. The van der Waals surface area contributed by atoms with E-state index in [2.05, 4.69) is 13.0 Å². The minimum absolute atomic E-state index is 0.574. The predicted octanol–water partition coefficient (Wildman–Crippen LogP) is 2.39. The summed E-state index contributed by atoms with van der Waals surface area (Å²) in [5.74, 6) is 0.574. The number of hydrogen-bond donors (Lipinski definition) is 1. The molecule has 1 aliphatic heterocycles. The second kappa shape index (κ2) is 2.79. The molecule has 0 saturated carbocycles. The maximum absolute atomic E-state index is 9.51. The standard InChI is InChI=1S/C10H13NO/c1-8-6-7-11(12)10-5-3-2-4-9(8)10/h2-5,8,12H,6-7H2,1H3. The van der Waals surface area contributed by atoms with Crippen molar-refractivity contribution in [1.82, 2.24) is 0 Å². The van der Waals surface area contributed by atoms with E-state index in [0.29, 0.717) is 5.92 Å². The molecule has 2 heteroatoms. The largest absolute Gasteiger partial charge is 0.288 e. The van der Waals surface area contributed by atoms with E-state index in [1.54, 1.807) is 0 Å². The fraction of sp³-hybridized carbons (Fsp3) is 0.400. The highest BCUT2D eigenvalue weighted by Gasteiger charge is 2.19. The van der Waals surface area contributed by atoms with Crippen molar-refractivity contribution >= 4 is 5.69 Å². The van der Waals surface area contributed by atoms with Crippen LogP contribution < -0.4 is 5.06 Å². The van der Waals surface area contributed by atoms with Crippen molar-refractivity contribution in [2.24, 2.45) is 0 Å². The first-order chi connectivity index (χ1) is 5.79. The van der Waals surface area contributed by atoms with Crippen molar-refractivity contribution < 1.29 is 5.21 Å². The zero-order valence-electron chi connectivity index (χ0n) is 7.20. The van der Waals surface area contributed by atoms with E-state index in [9.17, 15) is 5.21 Å². The van der Waals surface area contributed by atoms with Gasteiger partial charge in [0.2, 0.25) is 0 Å². The van der Waals surface area contributed by atoms with Gasteiger partial charge in [-0.15, -0.1) is 0 Å². The monoisotopic (exact) mass is 163 g/mol. The normalized spacial score (nSPS) is 22.2. The van der Waals surface area contributed by atoms with Crippen molar-refractivity contribution in [3.63, 3.8) is 0 Å². The molecule has 2 nitrogen and oxygen atoms in total. The molecular formula is C10H13NO. The summed E-state index contributed by atoms with van der Waals surface area (Å²) >= 11 is 0. The summed E-state index contributed by atoms with van der Waals surface area (Å²) < 4.78 is 0. The lowest BCUT2D eigenvalue weighted by atomic mass is 9.93. The maximum atomic E-state index is 9.51. The number of hydroxylamine groups is 1. The van der Waals surface area contributed by atoms with Crippen LogP contribution in [0.3, 0.4) is 0 Å². The van der Waals surface area contributed by atoms with Crippen LogP contribution in [0.5, 0.6) is 0 Å².